The Kier molecular flexibility index (Phi) is 5.24. The molecule has 0 amide bonds. The standard InChI is InChI=1S/C15H22N2O3/c1-11-10-17-13-9-12(4-5-14(13)20-11)6-8-16-7-2-3-15(18)19/h4-5,9,11,16-17H,2-3,6-8,10H2,1H3,(H,18,19). The highest BCUT2D eigenvalue weighted by molar-refractivity contribution is 5.66. The normalized spacial score (nSPS) is 16.9. The van der Waals surface area contributed by atoms with Gasteiger partial charge >= 0.3 is 5.97 Å². The van der Waals surface area contributed by atoms with Crippen LogP contribution < -0.4 is 15.4 Å². The van der Waals surface area contributed by atoms with Gasteiger partial charge in [0.15, 0.2) is 0 Å². The van der Waals surface area contributed by atoms with Crippen LogP contribution in [-0.2, 0) is 11.2 Å². The molecule has 0 bridgehead atoms. The molecule has 5 heteroatoms. The van der Waals surface area contributed by atoms with Gasteiger partial charge in [0.1, 0.15) is 11.9 Å². The van der Waals surface area contributed by atoms with Gasteiger partial charge in [-0.15, -0.1) is 0 Å². The minimum atomic E-state index is -0.734. The number of benzene rings is 1. The third-order valence-corrected chi connectivity index (χ3v) is 3.29. The van der Waals surface area contributed by atoms with Crippen LogP contribution in [0.25, 0.3) is 0 Å². The van der Waals surface area contributed by atoms with E-state index in [-0.39, 0.29) is 12.5 Å². The lowest BCUT2D eigenvalue weighted by molar-refractivity contribution is -0.137. The van der Waals surface area contributed by atoms with Crippen molar-refractivity contribution >= 4 is 11.7 Å². The minimum Gasteiger partial charge on any atom is -0.487 e. The predicted octanol–water partition coefficient (Wildman–Crippen LogP) is 1.88. The quantitative estimate of drug-likeness (QED) is 0.664. The number of anilines is 1. The van der Waals surface area contributed by atoms with Crippen molar-refractivity contribution < 1.29 is 14.6 Å². The molecule has 1 heterocycles. The first kappa shape index (κ1) is 14.7. The van der Waals surface area contributed by atoms with E-state index >= 15 is 0 Å². The highest BCUT2D eigenvalue weighted by Gasteiger charge is 2.15. The van der Waals surface area contributed by atoms with Gasteiger partial charge in [-0.25, -0.2) is 0 Å². The van der Waals surface area contributed by atoms with Crippen molar-refractivity contribution in [3.63, 3.8) is 0 Å². The molecule has 1 unspecified atom stereocenters. The van der Waals surface area contributed by atoms with Gasteiger partial charge in [0.2, 0.25) is 0 Å². The maximum Gasteiger partial charge on any atom is 0.303 e. The second-order valence-electron chi connectivity index (χ2n) is 5.14. The van der Waals surface area contributed by atoms with E-state index in [1.165, 1.54) is 5.56 Å². The zero-order valence-corrected chi connectivity index (χ0v) is 11.8. The van der Waals surface area contributed by atoms with Gasteiger partial charge in [0.25, 0.3) is 0 Å². The van der Waals surface area contributed by atoms with Crippen molar-refractivity contribution in [2.24, 2.45) is 0 Å². The molecule has 1 aliphatic heterocycles. The van der Waals surface area contributed by atoms with E-state index in [9.17, 15) is 4.79 Å². The highest BCUT2D eigenvalue weighted by atomic mass is 16.5. The van der Waals surface area contributed by atoms with Gasteiger partial charge in [0.05, 0.1) is 12.2 Å². The molecular weight excluding hydrogens is 256 g/mol. The number of hydrogen-bond donors (Lipinski definition) is 3. The molecule has 1 aromatic carbocycles. The van der Waals surface area contributed by atoms with Crippen LogP contribution in [0, 0.1) is 0 Å². The van der Waals surface area contributed by atoms with Crippen LogP contribution in [0.15, 0.2) is 18.2 Å². The Morgan fingerprint density at radius 2 is 2.35 bits per heavy atom. The van der Waals surface area contributed by atoms with E-state index in [1.807, 2.05) is 13.0 Å². The summed E-state index contributed by atoms with van der Waals surface area (Å²) in [6.07, 6.45) is 2.04. The Balaban J connectivity index is 1.73. The summed E-state index contributed by atoms with van der Waals surface area (Å²) in [6.45, 7) is 4.49. The van der Waals surface area contributed by atoms with Crippen molar-refractivity contribution in [2.45, 2.75) is 32.3 Å². The predicted molar refractivity (Wildman–Crippen MR) is 78.5 cm³/mol. The molecule has 110 valence electrons. The molecule has 20 heavy (non-hydrogen) atoms. The molecule has 5 nitrogen and oxygen atoms in total. The van der Waals surface area contributed by atoms with E-state index in [2.05, 4.69) is 22.8 Å². The zero-order valence-electron chi connectivity index (χ0n) is 11.8. The van der Waals surface area contributed by atoms with Crippen LogP contribution in [0.5, 0.6) is 5.75 Å². The van der Waals surface area contributed by atoms with E-state index in [0.29, 0.717) is 6.42 Å². The third-order valence-electron chi connectivity index (χ3n) is 3.29. The first-order valence-electron chi connectivity index (χ1n) is 7.11. The number of nitrogens with one attached hydrogen (secondary N) is 2. The van der Waals surface area contributed by atoms with Gasteiger partial charge in [-0.05, 0) is 50.6 Å². The molecule has 2 rings (SSSR count). The molecule has 0 saturated heterocycles. The fraction of sp³-hybridized carbons (Fsp3) is 0.533. The Hall–Kier alpha value is -1.75. The van der Waals surface area contributed by atoms with Crippen LogP contribution in [-0.4, -0.2) is 36.8 Å². The Bertz CT molecular complexity index is 462. The summed E-state index contributed by atoms with van der Waals surface area (Å²) in [4.78, 5) is 10.4. The number of hydrogen-bond acceptors (Lipinski definition) is 4. The zero-order chi connectivity index (χ0) is 14.4. The Morgan fingerprint density at radius 1 is 1.50 bits per heavy atom. The average Bonchev–Trinajstić information content (AvgIpc) is 2.42. The first-order chi connectivity index (χ1) is 9.65. The molecular formula is C15H22N2O3. The van der Waals surface area contributed by atoms with Crippen LogP contribution in [0.1, 0.15) is 25.3 Å². The number of rotatable bonds is 7. The van der Waals surface area contributed by atoms with E-state index in [1.54, 1.807) is 0 Å². The number of ether oxygens (including phenoxy) is 1. The number of fused-ring (bicyclic) bond motifs is 1. The molecule has 3 N–H and O–H groups in total. The van der Waals surface area contributed by atoms with Crippen molar-refractivity contribution in [3.05, 3.63) is 23.8 Å². The summed E-state index contributed by atoms with van der Waals surface area (Å²) in [5, 5.41) is 15.2. The number of carbonyl (C=O) groups is 1. The first-order valence-corrected chi connectivity index (χ1v) is 7.11. The number of aliphatic carboxylic acids is 1. The third kappa shape index (κ3) is 4.42. The highest BCUT2D eigenvalue weighted by Crippen LogP contribution is 2.29. The SMILES string of the molecule is CC1CNc2cc(CCNCCCC(=O)O)ccc2O1. The second-order valence-corrected chi connectivity index (χ2v) is 5.14. The lowest BCUT2D eigenvalue weighted by Crippen LogP contribution is -2.27. The molecule has 1 aliphatic rings. The molecule has 0 aromatic heterocycles. The molecule has 0 radical (unpaired) electrons. The summed E-state index contributed by atoms with van der Waals surface area (Å²) in [7, 11) is 0. The summed E-state index contributed by atoms with van der Waals surface area (Å²) in [5.41, 5.74) is 2.31. The van der Waals surface area contributed by atoms with Gasteiger partial charge in [0, 0.05) is 6.42 Å². The average molecular weight is 278 g/mol. The van der Waals surface area contributed by atoms with Gasteiger partial charge in [-0.2, -0.15) is 0 Å². The van der Waals surface area contributed by atoms with E-state index < -0.39 is 5.97 Å². The molecule has 1 atom stereocenters. The summed E-state index contributed by atoms with van der Waals surface area (Å²) in [6, 6.07) is 6.22. The van der Waals surface area contributed by atoms with Gasteiger partial charge in [-0.3, -0.25) is 4.79 Å². The molecule has 0 saturated carbocycles. The molecule has 0 spiro atoms. The fourth-order valence-electron chi connectivity index (χ4n) is 2.21. The summed E-state index contributed by atoms with van der Waals surface area (Å²) in [5.74, 6) is 0.184. The maximum atomic E-state index is 10.4. The van der Waals surface area contributed by atoms with Crippen LogP contribution >= 0.6 is 0 Å². The minimum absolute atomic E-state index is 0.212. The van der Waals surface area contributed by atoms with Crippen LogP contribution in [0.2, 0.25) is 0 Å². The van der Waals surface area contributed by atoms with Crippen LogP contribution in [0.3, 0.4) is 0 Å². The summed E-state index contributed by atoms with van der Waals surface area (Å²) >= 11 is 0. The monoisotopic (exact) mass is 278 g/mol. The fourth-order valence-corrected chi connectivity index (χ4v) is 2.21. The Labute approximate surface area is 119 Å². The van der Waals surface area contributed by atoms with Crippen molar-refractivity contribution in [1.29, 1.82) is 0 Å². The van der Waals surface area contributed by atoms with Crippen molar-refractivity contribution in [3.8, 4) is 5.75 Å². The van der Waals surface area contributed by atoms with E-state index in [4.69, 9.17) is 9.84 Å². The smallest absolute Gasteiger partial charge is 0.303 e. The topological polar surface area (TPSA) is 70.6 Å². The molecule has 0 aliphatic carbocycles. The van der Waals surface area contributed by atoms with Gasteiger partial charge < -0.3 is 20.5 Å². The molecule has 1 aromatic rings. The van der Waals surface area contributed by atoms with Gasteiger partial charge in [-0.1, -0.05) is 6.07 Å². The maximum absolute atomic E-state index is 10.4. The lowest BCUT2D eigenvalue weighted by atomic mass is 10.1. The largest absolute Gasteiger partial charge is 0.487 e. The number of carboxylic acids is 1. The molecule has 0 fully saturated rings. The summed E-state index contributed by atoms with van der Waals surface area (Å²) < 4.78 is 5.73. The van der Waals surface area contributed by atoms with Crippen molar-refractivity contribution in [1.82, 2.24) is 5.32 Å². The Morgan fingerprint density at radius 3 is 3.15 bits per heavy atom. The van der Waals surface area contributed by atoms with Crippen molar-refractivity contribution in [2.75, 3.05) is 25.0 Å². The van der Waals surface area contributed by atoms with Crippen LogP contribution in [0.4, 0.5) is 5.69 Å². The lowest BCUT2D eigenvalue weighted by Gasteiger charge is -2.25. The number of carboxylic acid groups (broad SMARTS) is 1. The van der Waals surface area contributed by atoms with E-state index in [0.717, 1.165) is 37.5 Å². The second kappa shape index (κ2) is 7.14.